The lowest BCUT2D eigenvalue weighted by Crippen LogP contribution is -2.41. The van der Waals surface area contributed by atoms with E-state index in [4.69, 9.17) is 11.6 Å². The lowest BCUT2D eigenvalue weighted by Gasteiger charge is -2.30. The molecular formula is C14H20ClNO. The van der Waals surface area contributed by atoms with Crippen LogP contribution < -0.4 is 5.32 Å². The number of rotatable bonds is 3. The van der Waals surface area contributed by atoms with E-state index < -0.39 is 6.10 Å². The molecule has 1 saturated heterocycles. The van der Waals surface area contributed by atoms with Crippen LogP contribution in [-0.2, 0) is 0 Å². The molecule has 17 heavy (non-hydrogen) atoms. The zero-order chi connectivity index (χ0) is 12.3. The second-order valence-corrected chi connectivity index (χ2v) is 5.44. The van der Waals surface area contributed by atoms with Crippen LogP contribution in [0, 0.1) is 0 Å². The lowest BCUT2D eigenvalue weighted by molar-refractivity contribution is 0.139. The molecule has 3 heteroatoms. The highest BCUT2D eigenvalue weighted by molar-refractivity contribution is 6.30. The monoisotopic (exact) mass is 253 g/mol. The van der Waals surface area contributed by atoms with Gasteiger partial charge < -0.3 is 10.4 Å². The Hall–Kier alpha value is -0.570. The molecule has 2 rings (SSSR count). The van der Waals surface area contributed by atoms with Crippen molar-refractivity contribution in [2.24, 2.45) is 0 Å². The summed E-state index contributed by atoms with van der Waals surface area (Å²) in [5.41, 5.74) is 0.953. The van der Waals surface area contributed by atoms with Crippen molar-refractivity contribution in [1.29, 1.82) is 0 Å². The van der Waals surface area contributed by atoms with Gasteiger partial charge in [-0.15, -0.1) is 0 Å². The van der Waals surface area contributed by atoms with Crippen molar-refractivity contribution < 1.29 is 5.11 Å². The molecule has 0 radical (unpaired) electrons. The molecule has 1 aromatic carbocycles. The van der Waals surface area contributed by atoms with Gasteiger partial charge in [0.1, 0.15) is 0 Å². The first-order chi connectivity index (χ1) is 8.15. The minimum absolute atomic E-state index is 0.393. The molecule has 1 aromatic rings. The molecule has 0 amide bonds. The van der Waals surface area contributed by atoms with E-state index in [1.165, 1.54) is 12.8 Å². The second kappa shape index (κ2) is 5.85. The summed E-state index contributed by atoms with van der Waals surface area (Å²) in [6.45, 7) is 2.21. The minimum Gasteiger partial charge on any atom is -0.388 e. The van der Waals surface area contributed by atoms with Crippen LogP contribution in [0.25, 0.3) is 0 Å². The minimum atomic E-state index is -0.393. The average molecular weight is 254 g/mol. The number of nitrogens with one attached hydrogen (secondary N) is 1. The molecule has 3 atom stereocenters. The Morgan fingerprint density at radius 1 is 1.35 bits per heavy atom. The van der Waals surface area contributed by atoms with Gasteiger partial charge in [-0.05, 0) is 43.9 Å². The van der Waals surface area contributed by atoms with Crippen LogP contribution in [0.3, 0.4) is 0 Å². The SMILES string of the molecule is CC1CCCC(CC(O)c2ccc(Cl)cc2)N1. The molecule has 0 spiro atoms. The second-order valence-electron chi connectivity index (χ2n) is 5.00. The normalized spacial score (nSPS) is 26.8. The summed E-state index contributed by atoms with van der Waals surface area (Å²) in [7, 11) is 0. The Kier molecular flexibility index (Phi) is 4.43. The average Bonchev–Trinajstić information content (AvgIpc) is 2.29. The van der Waals surface area contributed by atoms with Crippen molar-refractivity contribution in [3.05, 3.63) is 34.9 Å². The molecule has 2 nitrogen and oxygen atoms in total. The predicted octanol–water partition coefficient (Wildman–Crippen LogP) is 3.29. The standard InChI is InChI=1S/C14H20ClNO/c1-10-3-2-4-13(16-10)9-14(17)11-5-7-12(15)8-6-11/h5-8,10,13-14,16-17H,2-4,9H2,1H3. The van der Waals surface area contributed by atoms with Crippen molar-refractivity contribution in [3.63, 3.8) is 0 Å². The number of hydrogen-bond acceptors (Lipinski definition) is 2. The Morgan fingerprint density at radius 2 is 2.06 bits per heavy atom. The van der Waals surface area contributed by atoms with Crippen LogP contribution in [0.5, 0.6) is 0 Å². The first kappa shape index (κ1) is 12.9. The number of halogens is 1. The molecule has 1 aliphatic heterocycles. The zero-order valence-corrected chi connectivity index (χ0v) is 11.0. The van der Waals surface area contributed by atoms with E-state index in [-0.39, 0.29) is 0 Å². The van der Waals surface area contributed by atoms with Crippen LogP contribution in [0.15, 0.2) is 24.3 Å². The Labute approximate surface area is 108 Å². The van der Waals surface area contributed by atoms with E-state index in [9.17, 15) is 5.11 Å². The van der Waals surface area contributed by atoms with Crippen molar-refractivity contribution >= 4 is 11.6 Å². The van der Waals surface area contributed by atoms with Gasteiger partial charge in [0, 0.05) is 17.1 Å². The van der Waals surface area contributed by atoms with Gasteiger partial charge in [-0.1, -0.05) is 30.2 Å². The largest absolute Gasteiger partial charge is 0.388 e. The molecule has 0 aliphatic carbocycles. The van der Waals surface area contributed by atoms with E-state index in [0.717, 1.165) is 18.4 Å². The van der Waals surface area contributed by atoms with E-state index in [1.807, 2.05) is 24.3 Å². The maximum atomic E-state index is 10.2. The van der Waals surface area contributed by atoms with Crippen LogP contribution in [0.1, 0.15) is 44.3 Å². The molecule has 1 heterocycles. The topological polar surface area (TPSA) is 32.3 Å². The molecule has 2 N–H and O–H groups in total. The van der Waals surface area contributed by atoms with Gasteiger partial charge in [0.15, 0.2) is 0 Å². The molecule has 0 saturated carbocycles. The van der Waals surface area contributed by atoms with Gasteiger partial charge in [0.2, 0.25) is 0 Å². The summed E-state index contributed by atoms with van der Waals surface area (Å²) in [6.07, 6.45) is 4.05. The number of aliphatic hydroxyl groups is 1. The summed E-state index contributed by atoms with van der Waals surface area (Å²) < 4.78 is 0. The third-order valence-corrected chi connectivity index (χ3v) is 3.72. The Bertz CT molecular complexity index is 352. The highest BCUT2D eigenvalue weighted by Crippen LogP contribution is 2.24. The van der Waals surface area contributed by atoms with E-state index >= 15 is 0 Å². The third-order valence-electron chi connectivity index (χ3n) is 3.47. The maximum absolute atomic E-state index is 10.2. The van der Waals surface area contributed by atoms with Gasteiger partial charge in [-0.2, -0.15) is 0 Å². The third kappa shape index (κ3) is 3.70. The van der Waals surface area contributed by atoms with Gasteiger partial charge in [0.05, 0.1) is 6.10 Å². The summed E-state index contributed by atoms with van der Waals surface area (Å²) in [6, 6.07) is 8.47. The fraction of sp³-hybridized carbons (Fsp3) is 0.571. The van der Waals surface area contributed by atoms with Crippen molar-refractivity contribution in [2.75, 3.05) is 0 Å². The molecule has 94 valence electrons. The zero-order valence-electron chi connectivity index (χ0n) is 10.2. The Balaban J connectivity index is 1.91. The van der Waals surface area contributed by atoms with Crippen LogP contribution in [-0.4, -0.2) is 17.2 Å². The van der Waals surface area contributed by atoms with Gasteiger partial charge in [-0.3, -0.25) is 0 Å². The molecule has 1 fully saturated rings. The van der Waals surface area contributed by atoms with E-state index in [2.05, 4.69) is 12.2 Å². The predicted molar refractivity (Wildman–Crippen MR) is 71.3 cm³/mol. The highest BCUT2D eigenvalue weighted by Gasteiger charge is 2.21. The molecule has 3 unspecified atom stereocenters. The number of aliphatic hydroxyl groups excluding tert-OH is 1. The van der Waals surface area contributed by atoms with E-state index in [0.29, 0.717) is 17.1 Å². The van der Waals surface area contributed by atoms with Crippen molar-refractivity contribution in [2.45, 2.75) is 50.8 Å². The lowest BCUT2D eigenvalue weighted by atomic mass is 9.93. The molecule has 1 aliphatic rings. The first-order valence-corrected chi connectivity index (χ1v) is 6.72. The van der Waals surface area contributed by atoms with Crippen LogP contribution in [0.2, 0.25) is 5.02 Å². The summed E-state index contributed by atoms with van der Waals surface area (Å²) in [5.74, 6) is 0. The van der Waals surface area contributed by atoms with Crippen molar-refractivity contribution in [3.8, 4) is 0 Å². The molecular weight excluding hydrogens is 234 g/mol. The van der Waals surface area contributed by atoms with Gasteiger partial charge in [0.25, 0.3) is 0 Å². The van der Waals surface area contributed by atoms with E-state index in [1.54, 1.807) is 0 Å². The summed E-state index contributed by atoms with van der Waals surface area (Å²) in [5, 5.41) is 14.4. The van der Waals surface area contributed by atoms with Crippen LogP contribution in [0.4, 0.5) is 0 Å². The maximum Gasteiger partial charge on any atom is 0.0804 e. The first-order valence-electron chi connectivity index (χ1n) is 6.34. The Morgan fingerprint density at radius 3 is 2.71 bits per heavy atom. The molecule has 0 aromatic heterocycles. The smallest absolute Gasteiger partial charge is 0.0804 e. The summed E-state index contributed by atoms with van der Waals surface area (Å²) in [4.78, 5) is 0. The fourth-order valence-corrected chi connectivity index (χ4v) is 2.64. The number of hydrogen-bond donors (Lipinski definition) is 2. The molecule has 0 bridgehead atoms. The van der Waals surface area contributed by atoms with Gasteiger partial charge in [-0.25, -0.2) is 0 Å². The van der Waals surface area contributed by atoms with Crippen molar-refractivity contribution in [1.82, 2.24) is 5.32 Å². The fourth-order valence-electron chi connectivity index (χ4n) is 2.52. The quantitative estimate of drug-likeness (QED) is 0.867. The van der Waals surface area contributed by atoms with Gasteiger partial charge >= 0.3 is 0 Å². The highest BCUT2D eigenvalue weighted by atomic mass is 35.5. The number of piperidine rings is 1. The number of benzene rings is 1. The summed E-state index contributed by atoms with van der Waals surface area (Å²) >= 11 is 5.83. The van der Waals surface area contributed by atoms with Crippen LogP contribution >= 0.6 is 11.6 Å².